The Labute approximate surface area is 273 Å². The number of hydrogen-bond acceptors (Lipinski definition) is 0. The molecule has 0 aliphatic rings. The number of hydrogen-bond donors (Lipinski definition) is 0. The summed E-state index contributed by atoms with van der Waals surface area (Å²) in [6.07, 6.45) is 2.26. The monoisotopic (exact) mass is 610 g/mol. The van der Waals surface area contributed by atoms with Gasteiger partial charge in [0.25, 0.3) is 0 Å². The van der Waals surface area contributed by atoms with Gasteiger partial charge in [-0.1, -0.05) is 116 Å². The molecule has 0 radical (unpaired) electrons. The van der Waals surface area contributed by atoms with Crippen molar-refractivity contribution in [1.82, 2.24) is 0 Å². The van der Waals surface area contributed by atoms with Gasteiger partial charge in [0.2, 0.25) is 0 Å². The zero-order chi connectivity index (χ0) is 29.1. The van der Waals surface area contributed by atoms with E-state index in [9.17, 15) is 0 Å². The Hall–Kier alpha value is -3.54. The molecule has 0 aromatic heterocycles. The fraction of sp³-hybridized carbons (Fsp3) is 0.122. The van der Waals surface area contributed by atoms with Crippen molar-refractivity contribution < 1.29 is 21.7 Å². The van der Waals surface area contributed by atoms with E-state index in [-0.39, 0.29) is 29.6 Å². The molecule has 0 spiro atoms. The number of rotatable bonds is 5. The van der Waals surface area contributed by atoms with E-state index in [0.717, 1.165) is 12.8 Å². The van der Waals surface area contributed by atoms with Crippen LogP contribution < -0.4 is 5.30 Å². The third kappa shape index (κ3) is 9.22. The second-order valence-electron chi connectivity index (χ2n) is 10.9. The summed E-state index contributed by atoms with van der Waals surface area (Å²) in [5.74, 6) is 0. The van der Waals surface area contributed by atoms with Gasteiger partial charge in [0, 0.05) is 0 Å². The van der Waals surface area contributed by atoms with Crippen LogP contribution in [0.2, 0.25) is 0 Å². The van der Waals surface area contributed by atoms with Gasteiger partial charge in [0.1, 0.15) is 0 Å². The summed E-state index contributed by atoms with van der Waals surface area (Å²) in [5.41, 5.74) is 6.77. The first-order chi connectivity index (χ1) is 20.6. The summed E-state index contributed by atoms with van der Waals surface area (Å²) in [6.45, 7) is 6.74. The third-order valence-electron chi connectivity index (χ3n) is 7.49. The molecule has 0 nitrogen and oxygen atoms in total. The van der Waals surface area contributed by atoms with Crippen LogP contribution in [0.3, 0.4) is 0 Å². The predicted molar refractivity (Wildman–Crippen MR) is 188 cm³/mol. The van der Waals surface area contributed by atoms with Gasteiger partial charge in [-0.3, -0.25) is 0 Å². The van der Waals surface area contributed by atoms with Crippen molar-refractivity contribution in [3.8, 4) is 11.1 Å². The fourth-order valence-electron chi connectivity index (χ4n) is 5.22. The maximum Gasteiger partial charge on any atom is 2.00 e. The van der Waals surface area contributed by atoms with Crippen molar-refractivity contribution >= 4 is 34.8 Å². The second-order valence-corrected chi connectivity index (χ2v) is 13.2. The van der Waals surface area contributed by atoms with E-state index in [0.29, 0.717) is 0 Å². The Balaban J connectivity index is 0.000000148. The quantitative estimate of drug-likeness (QED) is 0.103. The van der Waals surface area contributed by atoms with Crippen molar-refractivity contribution in [1.29, 1.82) is 0 Å². The summed E-state index contributed by atoms with van der Waals surface area (Å²) in [4.78, 5) is 0. The summed E-state index contributed by atoms with van der Waals surface area (Å²) in [6, 6.07) is 56.0. The maximum absolute atomic E-state index is 2.31. The molecule has 7 aromatic rings. The van der Waals surface area contributed by atoms with Crippen LogP contribution in [-0.4, -0.2) is 13.3 Å². The average Bonchev–Trinajstić information content (AvgIpc) is 3.65. The average molecular weight is 611 g/mol. The normalized spacial score (nSPS) is 10.4. The molecule has 0 bridgehead atoms. The smallest absolute Gasteiger partial charge is 0.165 e. The van der Waals surface area contributed by atoms with Gasteiger partial charge >= 0.3 is 21.7 Å². The van der Waals surface area contributed by atoms with Gasteiger partial charge in [0.05, 0.1) is 0 Å². The number of aryl methyl sites for hydroxylation is 3. The Morgan fingerprint density at radius 3 is 1.65 bits per heavy atom. The summed E-state index contributed by atoms with van der Waals surface area (Å²) in [7, 11) is 0.0576. The topological polar surface area (TPSA) is 0 Å². The summed E-state index contributed by atoms with van der Waals surface area (Å²) < 4.78 is 0. The maximum atomic E-state index is 2.31. The van der Waals surface area contributed by atoms with Crippen LogP contribution in [0.5, 0.6) is 0 Å². The van der Waals surface area contributed by atoms with E-state index in [1.807, 2.05) is 0 Å². The fourth-order valence-corrected chi connectivity index (χ4v) is 6.02. The molecular weight excluding hydrogens is 571 g/mol. The minimum absolute atomic E-state index is 0. The van der Waals surface area contributed by atoms with Crippen molar-refractivity contribution in [3.63, 3.8) is 0 Å². The van der Waals surface area contributed by atoms with E-state index < -0.39 is 0 Å². The molecule has 0 amide bonds. The van der Waals surface area contributed by atoms with Gasteiger partial charge in [-0.25, -0.2) is 0 Å². The molecule has 0 saturated carbocycles. The van der Waals surface area contributed by atoms with Crippen molar-refractivity contribution in [2.24, 2.45) is 0 Å². The molecule has 0 atom stereocenters. The summed E-state index contributed by atoms with van der Waals surface area (Å²) >= 11 is 0. The molecule has 0 aliphatic heterocycles. The first kappa shape index (κ1) is 32.4. The zero-order valence-electron chi connectivity index (χ0n) is 25.4. The third-order valence-corrected chi connectivity index (χ3v) is 8.78. The SMILES string of the molecule is CP(C)c1cc2ccccc2[cH-]1.Cc1cc2c(-c3ccccc3)cccc2[cH-]1.[Ti+2].c1ccc(CCc2ccccc2)cc1. The Morgan fingerprint density at radius 2 is 1.07 bits per heavy atom. The molecule has 7 aromatic carbocycles. The van der Waals surface area contributed by atoms with Crippen LogP contribution in [0.1, 0.15) is 16.7 Å². The molecule has 0 N–H and O–H groups in total. The molecule has 0 fully saturated rings. The van der Waals surface area contributed by atoms with Crippen LogP contribution >= 0.6 is 7.92 Å². The largest absolute Gasteiger partial charge is 2.00 e. The molecule has 212 valence electrons. The van der Waals surface area contributed by atoms with Crippen molar-refractivity contribution in [3.05, 3.63) is 174 Å². The van der Waals surface area contributed by atoms with Crippen LogP contribution in [0.4, 0.5) is 0 Å². The van der Waals surface area contributed by atoms with Gasteiger partial charge in [0.15, 0.2) is 0 Å². The molecule has 7 rings (SSSR count). The van der Waals surface area contributed by atoms with E-state index in [1.165, 1.54) is 54.7 Å². The molecule has 43 heavy (non-hydrogen) atoms. The van der Waals surface area contributed by atoms with Gasteiger partial charge in [-0.05, 0) is 42.9 Å². The van der Waals surface area contributed by atoms with E-state index in [2.05, 4.69) is 178 Å². The van der Waals surface area contributed by atoms with Gasteiger partial charge < -0.3 is 0 Å². The van der Waals surface area contributed by atoms with Crippen molar-refractivity contribution in [2.45, 2.75) is 19.8 Å². The zero-order valence-corrected chi connectivity index (χ0v) is 27.8. The van der Waals surface area contributed by atoms with Crippen molar-refractivity contribution in [2.75, 3.05) is 13.3 Å². The minimum atomic E-state index is 0. The molecule has 0 aliphatic carbocycles. The Bertz CT molecular complexity index is 1720. The van der Waals surface area contributed by atoms with E-state index in [1.54, 1.807) is 0 Å². The van der Waals surface area contributed by atoms with Crippen LogP contribution in [0.15, 0.2) is 158 Å². The van der Waals surface area contributed by atoms with E-state index >= 15 is 0 Å². The molecule has 2 heteroatoms. The van der Waals surface area contributed by atoms with Crippen LogP contribution in [-0.2, 0) is 34.6 Å². The standard InChI is InChI=1S/C16H13.C14H14.C11H12P.Ti/c1-12-10-14-8-5-9-15(16(14)11-12)13-6-3-2-4-7-13;1-3-7-13(8-4-1)11-12-14-9-5-2-6-10-14;1-12(2)11-7-9-5-3-4-6-10(9)8-11;/h2-11H,1H3;1-10H,11-12H2;3-8H,1-2H3;/q-1;;-1;+2. The molecular formula is C41H39PTi. The van der Waals surface area contributed by atoms with Crippen LogP contribution in [0, 0.1) is 6.92 Å². The van der Waals surface area contributed by atoms with E-state index in [4.69, 9.17) is 0 Å². The molecule has 0 saturated heterocycles. The predicted octanol–water partition coefficient (Wildman–Crippen LogP) is 10.9. The molecule has 0 heterocycles. The van der Waals surface area contributed by atoms with Gasteiger partial charge in [-0.15, -0.1) is 82.8 Å². The second kappa shape index (κ2) is 16.3. The Kier molecular flexibility index (Phi) is 12.3. The summed E-state index contributed by atoms with van der Waals surface area (Å²) in [5, 5.41) is 6.95. The van der Waals surface area contributed by atoms with Crippen LogP contribution in [0.25, 0.3) is 32.7 Å². The Morgan fingerprint density at radius 1 is 0.535 bits per heavy atom. The number of benzene rings is 5. The first-order valence-corrected chi connectivity index (χ1v) is 16.9. The molecule has 0 unspecified atom stereocenters. The van der Waals surface area contributed by atoms with Gasteiger partial charge in [-0.2, -0.15) is 12.1 Å². The number of fused-ring (bicyclic) bond motifs is 2. The first-order valence-electron chi connectivity index (χ1n) is 14.7. The minimum Gasteiger partial charge on any atom is -0.165 e.